The van der Waals surface area contributed by atoms with Crippen LogP contribution < -0.4 is 14.2 Å². The summed E-state index contributed by atoms with van der Waals surface area (Å²) >= 11 is 4.46. The molecule has 0 bridgehead atoms. The zero-order valence-corrected chi connectivity index (χ0v) is 13.1. The summed E-state index contributed by atoms with van der Waals surface area (Å²) < 4.78 is 16.4. The van der Waals surface area contributed by atoms with E-state index < -0.39 is 0 Å². The van der Waals surface area contributed by atoms with Crippen molar-refractivity contribution in [2.45, 2.75) is 26.7 Å². The maximum absolute atomic E-state index is 5.92. The summed E-state index contributed by atoms with van der Waals surface area (Å²) in [6, 6.07) is 5.58. The number of thiol groups is 1. The highest BCUT2D eigenvalue weighted by Gasteiger charge is 2.25. The van der Waals surface area contributed by atoms with Gasteiger partial charge in [0, 0.05) is 23.6 Å². The molecule has 0 amide bonds. The lowest BCUT2D eigenvalue weighted by Gasteiger charge is -2.29. The van der Waals surface area contributed by atoms with Crippen LogP contribution in [0.1, 0.15) is 26.7 Å². The summed E-state index contributed by atoms with van der Waals surface area (Å²) in [5.41, 5.74) is 0.124. The van der Waals surface area contributed by atoms with E-state index in [1.165, 1.54) is 0 Å². The summed E-state index contributed by atoms with van der Waals surface area (Å²) in [7, 11) is 3.27. The highest BCUT2D eigenvalue weighted by Crippen LogP contribution is 2.32. The number of methoxy groups -OCH3 is 2. The molecular formula is C15H24O3S. The Kier molecular flexibility index (Phi) is 6.35. The lowest BCUT2D eigenvalue weighted by molar-refractivity contribution is 0.156. The van der Waals surface area contributed by atoms with Crippen molar-refractivity contribution in [1.82, 2.24) is 0 Å². The molecule has 19 heavy (non-hydrogen) atoms. The number of ether oxygens (including phenoxy) is 3. The Morgan fingerprint density at radius 3 is 1.79 bits per heavy atom. The van der Waals surface area contributed by atoms with E-state index in [2.05, 4.69) is 26.5 Å². The fraction of sp³-hybridized carbons (Fsp3) is 0.600. The lowest BCUT2D eigenvalue weighted by atomic mass is 9.85. The van der Waals surface area contributed by atoms with Crippen LogP contribution >= 0.6 is 12.6 Å². The molecule has 0 fully saturated rings. The van der Waals surface area contributed by atoms with Crippen molar-refractivity contribution in [3.63, 3.8) is 0 Å². The fourth-order valence-electron chi connectivity index (χ4n) is 1.82. The molecule has 0 atom stereocenters. The van der Waals surface area contributed by atoms with Crippen LogP contribution in [-0.4, -0.2) is 26.6 Å². The van der Waals surface area contributed by atoms with Crippen molar-refractivity contribution in [1.29, 1.82) is 0 Å². The minimum absolute atomic E-state index is 0.124. The summed E-state index contributed by atoms with van der Waals surface area (Å²) in [6.07, 6.45) is 2.10. The standard InChI is InChI=1S/C15H24O3S/c1-5-15(6-2,11-19)10-18-14-8-12(16-3)7-13(9-14)17-4/h7-9,19H,5-6,10-11H2,1-4H3. The highest BCUT2D eigenvalue weighted by molar-refractivity contribution is 7.80. The smallest absolute Gasteiger partial charge is 0.126 e. The lowest BCUT2D eigenvalue weighted by Crippen LogP contribution is -2.29. The van der Waals surface area contributed by atoms with E-state index >= 15 is 0 Å². The fourth-order valence-corrected chi connectivity index (χ4v) is 2.36. The Balaban J connectivity index is 2.81. The van der Waals surface area contributed by atoms with Crippen molar-refractivity contribution < 1.29 is 14.2 Å². The summed E-state index contributed by atoms with van der Waals surface area (Å²) in [4.78, 5) is 0. The molecule has 0 aliphatic carbocycles. The number of benzene rings is 1. The second-order valence-electron chi connectivity index (χ2n) is 4.70. The first-order chi connectivity index (χ1) is 9.12. The molecule has 0 heterocycles. The Morgan fingerprint density at radius 1 is 0.947 bits per heavy atom. The van der Waals surface area contributed by atoms with Crippen LogP contribution in [0.15, 0.2) is 18.2 Å². The van der Waals surface area contributed by atoms with Gasteiger partial charge >= 0.3 is 0 Å². The van der Waals surface area contributed by atoms with Gasteiger partial charge in [0.05, 0.1) is 20.8 Å². The van der Waals surface area contributed by atoms with Crippen molar-refractivity contribution in [2.75, 3.05) is 26.6 Å². The van der Waals surface area contributed by atoms with E-state index in [-0.39, 0.29) is 5.41 Å². The van der Waals surface area contributed by atoms with Crippen molar-refractivity contribution in [3.05, 3.63) is 18.2 Å². The van der Waals surface area contributed by atoms with Gasteiger partial charge in [-0.15, -0.1) is 0 Å². The Bertz CT molecular complexity index is 358. The molecule has 0 aromatic heterocycles. The maximum Gasteiger partial charge on any atom is 0.126 e. The van der Waals surface area contributed by atoms with Crippen LogP contribution in [0.3, 0.4) is 0 Å². The van der Waals surface area contributed by atoms with Gasteiger partial charge in [0.1, 0.15) is 17.2 Å². The van der Waals surface area contributed by atoms with E-state index in [1.54, 1.807) is 14.2 Å². The predicted molar refractivity (Wildman–Crippen MR) is 81.9 cm³/mol. The molecule has 1 aromatic rings. The van der Waals surface area contributed by atoms with Gasteiger partial charge in [-0.1, -0.05) is 13.8 Å². The van der Waals surface area contributed by atoms with Gasteiger partial charge in [-0.25, -0.2) is 0 Å². The van der Waals surface area contributed by atoms with E-state index in [9.17, 15) is 0 Å². The van der Waals surface area contributed by atoms with Crippen LogP contribution in [0.2, 0.25) is 0 Å². The summed E-state index contributed by atoms with van der Waals surface area (Å²) in [5.74, 6) is 3.06. The molecule has 0 N–H and O–H groups in total. The third-order valence-corrected chi connectivity index (χ3v) is 4.38. The van der Waals surface area contributed by atoms with Crippen molar-refractivity contribution in [2.24, 2.45) is 5.41 Å². The normalized spacial score (nSPS) is 11.2. The quantitative estimate of drug-likeness (QED) is 0.735. The Morgan fingerprint density at radius 2 is 1.42 bits per heavy atom. The van der Waals surface area contributed by atoms with Gasteiger partial charge in [0.2, 0.25) is 0 Å². The maximum atomic E-state index is 5.92. The molecule has 0 spiro atoms. The van der Waals surface area contributed by atoms with Crippen LogP contribution in [0.4, 0.5) is 0 Å². The van der Waals surface area contributed by atoms with Crippen molar-refractivity contribution in [3.8, 4) is 17.2 Å². The average Bonchev–Trinajstić information content (AvgIpc) is 2.48. The monoisotopic (exact) mass is 284 g/mol. The van der Waals surface area contributed by atoms with Gasteiger partial charge < -0.3 is 14.2 Å². The molecule has 0 aliphatic heterocycles. The molecule has 0 unspecified atom stereocenters. The van der Waals surface area contributed by atoms with Gasteiger partial charge in [0.15, 0.2) is 0 Å². The molecule has 0 saturated carbocycles. The third kappa shape index (κ3) is 4.23. The van der Waals surface area contributed by atoms with Crippen LogP contribution in [0.25, 0.3) is 0 Å². The highest BCUT2D eigenvalue weighted by atomic mass is 32.1. The molecule has 0 aliphatic rings. The molecule has 1 rings (SSSR count). The SMILES string of the molecule is CCC(CC)(CS)COc1cc(OC)cc(OC)c1. The van der Waals surface area contributed by atoms with Crippen LogP contribution in [0.5, 0.6) is 17.2 Å². The third-order valence-electron chi connectivity index (χ3n) is 3.71. The number of hydrogen-bond donors (Lipinski definition) is 1. The minimum Gasteiger partial charge on any atom is -0.496 e. The molecule has 0 radical (unpaired) electrons. The van der Waals surface area contributed by atoms with E-state index in [0.29, 0.717) is 6.61 Å². The predicted octanol–water partition coefficient (Wildman–Crippen LogP) is 3.82. The molecule has 3 nitrogen and oxygen atoms in total. The Hall–Kier alpha value is -1.03. The first-order valence-electron chi connectivity index (χ1n) is 6.59. The first-order valence-corrected chi connectivity index (χ1v) is 7.23. The second kappa shape index (κ2) is 7.53. The number of rotatable bonds is 8. The van der Waals surface area contributed by atoms with Gasteiger partial charge in [-0.05, 0) is 18.6 Å². The van der Waals surface area contributed by atoms with Gasteiger partial charge in [-0.3, -0.25) is 0 Å². The van der Waals surface area contributed by atoms with Crippen LogP contribution in [0, 0.1) is 5.41 Å². The average molecular weight is 284 g/mol. The zero-order valence-electron chi connectivity index (χ0n) is 12.2. The Labute approximate surface area is 121 Å². The van der Waals surface area contributed by atoms with Gasteiger partial charge in [0.25, 0.3) is 0 Å². The van der Waals surface area contributed by atoms with Gasteiger partial charge in [-0.2, -0.15) is 12.6 Å². The molecular weight excluding hydrogens is 260 g/mol. The number of hydrogen-bond acceptors (Lipinski definition) is 4. The van der Waals surface area contributed by atoms with E-state index in [4.69, 9.17) is 14.2 Å². The molecule has 0 saturated heterocycles. The molecule has 4 heteroatoms. The van der Waals surface area contributed by atoms with Crippen molar-refractivity contribution >= 4 is 12.6 Å². The summed E-state index contributed by atoms with van der Waals surface area (Å²) in [5, 5.41) is 0. The largest absolute Gasteiger partial charge is 0.496 e. The second-order valence-corrected chi connectivity index (χ2v) is 5.02. The zero-order chi connectivity index (χ0) is 14.3. The molecule has 108 valence electrons. The first kappa shape index (κ1) is 16.0. The van der Waals surface area contributed by atoms with Crippen LogP contribution in [-0.2, 0) is 0 Å². The summed E-state index contributed by atoms with van der Waals surface area (Å²) in [6.45, 7) is 5.00. The topological polar surface area (TPSA) is 27.7 Å². The van der Waals surface area contributed by atoms with E-state index in [1.807, 2.05) is 18.2 Å². The molecule has 1 aromatic carbocycles. The van der Waals surface area contributed by atoms with E-state index in [0.717, 1.165) is 35.8 Å². The minimum atomic E-state index is 0.124.